The fraction of sp³-hybridized carbons (Fsp3) is 0.455. The SMILES string of the molecule is C=CCCOc1cc(C2=NC(O)C3(CCN(S(=O)(=O)CCc4ccc(C(=O)NCCOCC=C)cc4C)CC3)N2)cc(C(F)(F)F)c1. The normalized spacial score (nSPS) is 18.0. The average Bonchev–Trinajstić information content (AvgIpc) is 3.34. The molecule has 1 fully saturated rings. The Hall–Kier alpha value is -3.72. The first-order valence-electron chi connectivity index (χ1n) is 15.3. The summed E-state index contributed by atoms with van der Waals surface area (Å²) in [7, 11) is -3.67. The third-order valence-electron chi connectivity index (χ3n) is 8.22. The van der Waals surface area contributed by atoms with Gasteiger partial charge in [0.15, 0.2) is 6.23 Å². The quantitative estimate of drug-likeness (QED) is 0.192. The van der Waals surface area contributed by atoms with Crippen molar-refractivity contribution in [2.24, 2.45) is 4.99 Å². The third-order valence-corrected chi connectivity index (χ3v) is 10.1. The smallest absolute Gasteiger partial charge is 0.416 e. The zero-order valence-electron chi connectivity index (χ0n) is 26.3. The second-order valence-corrected chi connectivity index (χ2v) is 13.6. The molecule has 10 nitrogen and oxygen atoms in total. The lowest BCUT2D eigenvalue weighted by Crippen LogP contribution is -2.58. The zero-order valence-corrected chi connectivity index (χ0v) is 27.1. The van der Waals surface area contributed by atoms with E-state index in [1.807, 2.05) is 6.92 Å². The molecule has 1 saturated heterocycles. The second kappa shape index (κ2) is 15.5. The molecule has 1 atom stereocenters. The van der Waals surface area contributed by atoms with Crippen molar-refractivity contribution in [2.45, 2.75) is 50.6 Å². The number of hydrogen-bond donors (Lipinski definition) is 3. The van der Waals surface area contributed by atoms with Gasteiger partial charge in [-0.05, 0) is 74.1 Å². The topological polar surface area (TPSA) is 130 Å². The molecule has 2 aromatic carbocycles. The molecule has 0 aromatic heterocycles. The van der Waals surface area contributed by atoms with Crippen LogP contribution in [0.1, 0.15) is 51.9 Å². The average molecular weight is 679 g/mol. The fourth-order valence-electron chi connectivity index (χ4n) is 5.51. The number of sulfonamides is 1. The molecular weight excluding hydrogens is 637 g/mol. The van der Waals surface area contributed by atoms with Gasteiger partial charge in [-0.2, -0.15) is 13.2 Å². The number of piperidine rings is 1. The molecular formula is C33H41F3N4O6S. The molecule has 0 aliphatic carbocycles. The third kappa shape index (κ3) is 9.21. The predicted molar refractivity (Wildman–Crippen MR) is 173 cm³/mol. The summed E-state index contributed by atoms with van der Waals surface area (Å²) in [5.74, 6) is -0.307. The van der Waals surface area contributed by atoms with Crippen molar-refractivity contribution in [2.75, 3.05) is 45.2 Å². The summed E-state index contributed by atoms with van der Waals surface area (Å²) in [6.45, 7) is 10.4. The summed E-state index contributed by atoms with van der Waals surface area (Å²) in [5, 5.41) is 16.8. The van der Waals surface area contributed by atoms with E-state index in [4.69, 9.17) is 9.47 Å². The fourth-order valence-corrected chi connectivity index (χ4v) is 6.98. The highest BCUT2D eigenvalue weighted by molar-refractivity contribution is 7.89. The Morgan fingerprint density at radius 3 is 2.57 bits per heavy atom. The Bertz CT molecular complexity index is 1590. The lowest BCUT2D eigenvalue weighted by molar-refractivity contribution is -0.137. The molecule has 4 rings (SSSR count). The van der Waals surface area contributed by atoms with Crippen LogP contribution in [0, 0.1) is 6.92 Å². The number of alkyl halides is 3. The highest BCUT2D eigenvalue weighted by Crippen LogP contribution is 2.36. The highest BCUT2D eigenvalue weighted by Gasteiger charge is 2.47. The molecule has 2 aromatic rings. The summed E-state index contributed by atoms with van der Waals surface area (Å²) < 4.78 is 79.7. The summed E-state index contributed by atoms with van der Waals surface area (Å²) in [4.78, 5) is 16.7. The van der Waals surface area contributed by atoms with Crippen molar-refractivity contribution >= 4 is 21.8 Å². The number of aryl methyl sites for hydroxylation is 2. The first-order chi connectivity index (χ1) is 22.3. The lowest BCUT2D eigenvalue weighted by Gasteiger charge is -2.40. The van der Waals surface area contributed by atoms with E-state index < -0.39 is 33.5 Å². The van der Waals surface area contributed by atoms with Crippen molar-refractivity contribution in [3.63, 3.8) is 0 Å². The monoisotopic (exact) mass is 678 g/mol. The number of carbonyl (C=O) groups excluding carboxylic acids is 1. The van der Waals surface area contributed by atoms with E-state index in [0.29, 0.717) is 31.7 Å². The number of aliphatic hydroxyl groups is 1. The van der Waals surface area contributed by atoms with Crippen LogP contribution in [0.15, 0.2) is 66.7 Å². The molecule has 3 N–H and O–H groups in total. The maximum Gasteiger partial charge on any atom is 0.416 e. The number of nitrogens with one attached hydrogen (secondary N) is 2. The predicted octanol–water partition coefficient (Wildman–Crippen LogP) is 3.98. The Morgan fingerprint density at radius 2 is 1.91 bits per heavy atom. The van der Waals surface area contributed by atoms with E-state index >= 15 is 0 Å². The van der Waals surface area contributed by atoms with Gasteiger partial charge >= 0.3 is 6.18 Å². The van der Waals surface area contributed by atoms with Crippen LogP contribution in [0.4, 0.5) is 13.2 Å². The summed E-state index contributed by atoms with van der Waals surface area (Å²) in [5.41, 5.74) is 0.223. The summed E-state index contributed by atoms with van der Waals surface area (Å²) in [6.07, 6.45) is -1.60. The highest BCUT2D eigenvalue weighted by atomic mass is 32.2. The Labute approximate surface area is 273 Å². The van der Waals surface area contributed by atoms with E-state index in [9.17, 15) is 31.5 Å². The standard InChI is InChI=1S/C33H41F3N4O6S/c1-4-6-16-46-28-21-26(20-27(22-28)33(34,35)36)29-38-31(42)32(39-29)10-13-40(14-11-32)47(43,44)18-9-24-7-8-25(19-23(24)3)30(41)37-12-17-45-15-5-2/h4-5,7-8,19-22,31,42H,1-2,6,9-18H2,3H3,(H,37,41)(H,38,39). The number of hydrogen-bond acceptors (Lipinski definition) is 8. The first-order valence-corrected chi connectivity index (χ1v) is 16.9. The van der Waals surface area contributed by atoms with Gasteiger partial charge in [0.1, 0.15) is 11.6 Å². The van der Waals surface area contributed by atoms with E-state index in [1.165, 1.54) is 10.4 Å². The van der Waals surface area contributed by atoms with Gasteiger partial charge in [-0.25, -0.2) is 17.7 Å². The first kappa shape index (κ1) is 36.1. The van der Waals surface area contributed by atoms with Gasteiger partial charge < -0.3 is 25.2 Å². The van der Waals surface area contributed by atoms with Gasteiger partial charge in [-0.15, -0.1) is 13.2 Å². The van der Waals surface area contributed by atoms with E-state index in [0.717, 1.165) is 23.3 Å². The lowest BCUT2D eigenvalue weighted by atomic mass is 9.87. The molecule has 0 saturated carbocycles. The number of nitrogens with zero attached hydrogens (tertiary/aromatic N) is 2. The van der Waals surface area contributed by atoms with Crippen LogP contribution in [0.25, 0.3) is 0 Å². The molecule has 2 aliphatic rings. The minimum atomic E-state index is -4.63. The molecule has 1 spiro atoms. The molecule has 1 unspecified atom stereocenters. The molecule has 0 radical (unpaired) electrons. The number of benzene rings is 2. The molecule has 1 amide bonds. The number of amidine groups is 1. The van der Waals surface area contributed by atoms with E-state index in [-0.39, 0.29) is 67.8 Å². The van der Waals surface area contributed by atoms with Crippen molar-refractivity contribution in [1.82, 2.24) is 14.9 Å². The van der Waals surface area contributed by atoms with Crippen LogP contribution in [-0.2, 0) is 27.4 Å². The van der Waals surface area contributed by atoms with Gasteiger partial charge in [0.05, 0.1) is 36.7 Å². The van der Waals surface area contributed by atoms with Crippen molar-refractivity contribution in [3.8, 4) is 5.75 Å². The molecule has 14 heteroatoms. The molecule has 256 valence electrons. The van der Waals surface area contributed by atoms with Crippen LogP contribution >= 0.6 is 0 Å². The number of carbonyl (C=O) groups is 1. The number of halogens is 3. The number of aliphatic hydroxyl groups excluding tert-OH is 1. The van der Waals surface area contributed by atoms with Crippen molar-refractivity contribution < 1.29 is 41.0 Å². The summed E-state index contributed by atoms with van der Waals surface area (Å²) >= 11 is 0. The number of amides is 1. The van der Waals surface area contributed by atoms with Crippen LogP contribution in [0.3, 0.4) is 0 Å². The minimum Gasteiger partial charge on any atom is -0.493 e. The van der Waals surface area contributed by atoms with Gasteiger partial charge in [0, 0.05) is 30.8 Å². The van der Waals surface area contributed by atoms with Crippen LogP contribution in [0.2, 0.25) is 0 Å². The Balaban J connectivity index is 1.35. The van der Waals surface area contributed by atoms with Gasteiger partial charge in [0.25, 0.3) is 5.91 Å². The number of rotatable bonds is 15. The van der Waals surface area contributed by atoms with Gasteiger partial charge in [0.2, 0.25) is 10.0 Å². The summed E-state index contributed by atoms with van der Waals surface area (Å²) in [6, 6.07) is 8.41. The van der Waals surface area contributed by atoms with Crippen molar-refractivity contribution in [3.05, 3.63) is 89.5 Å². The molecule has 47 heavy (non-hydrogen) atoms. The Morgan fingerprint density at radius 1 is 1.17 bits per heavy atom. The maximum absolute atomic E-state index is 13.7. The van der Waals surface area contributed by atoms with Crippen LogP contribution < -0.4 is 15.4 Å². The molecule has 2 heterocycles. The number of aliphatic imine (C=N–C) groups is 1. The van der Waals surface area contributed by atoms with Crippen LogP contribution in [0.5, 0.6) is 5.75 Å². The molecule has 0 bridgehead atoms. The van der Waals surface area contributed by atoms with Gasteiger partial charge in [-0.1, -0.05) is 18.2 Å². The Kier molecular flexibility index (Phi) is 11.9. The van der Waals surface area contributed by atoms with E-state index in [2.05, 4.69) is 28.8 Å². The minimum absolute atomic E-state index is 0.00989. The second-order valence-electron chi connectivity index (χ2n) is 11.5. The van der Waals surface area contributed by atoms with Crippen molar-refractivity contribution in [1.29, 1.82) is 0 Å². The molecule has 2 aliphatic heterocycles. The number of ether oxygens (including phenoxy) is 2. The van der Waals surface area contributed by atoms with Gasteiger partial charge in [-0.3, -0.25) is 4.79 Å². The van der Waals surface area contributed by atoms with E-state index in [1.54, 1.807) is 30.4 Å². The maximum atomic E-state index is 13.7. The largest absolute Gasteiger partial charge is 0.493 e. The van der Waals surface area contributed by atoms with Crippen LogP contribution in [-0.4, -0.2) is 86.5 Å². The zero-order chi connectivity index (χ0) is 34.2.